The highest BCUT2D eigenvalue weighted by Gasteiger charge is 2.16. The number of halogens is 1. The van der Waals surface area contributed by atoms with E-state index in [0.717, 1.165) is 5.56 Å². The molecule has 1 unspecified atom stereocenters. The summed E-state index contributed by atoms with van der Waals surface area (Å²) in [5.74, 6) is 0.254. The van der Waals surface area contributed by atoms with Gasteiger partial charge < -0.3 is 14.8 Å². The first-order chi connectivity index (χ1) is 7.22. The van der Waals surface area contributed by atoms with Gasteiger partial charge in [-0.1, -0.05) is 30.3 Å². The molecule has 0 aromatic heterocycles. The Labute approximate surface area is 94.8 Å². The third-order valence-electron chi connectivity index (χ3n) is 1.97. The third kappa shape index (κ3) is 5.18. The maximum Gasteiger partial charge on any atom is 0.454 e. The molecule has 1 aromatic carbocycles. The van der Waals surface area contributed by atoms with E-state index in [2.05, 4.69) is 0 Å². The molecule has 0 heterocycles. The lowest BCUT2D eigenvalue weighted by Gasteiger charge is -2.14. The Kier molecular flexibility index (Phi) is 5.72. The zero-order valence-electron chi connectivity index (χ0n) is 8.34. The van der Waals surface area contributed by atoms with Gasteiger partial charge in [0.1, 0.15) is 0 Å². The van der Waals surface area contributed by atoms with Gasteiger partial charge in [0.25, 0.3) is 0 Å². The number of benzene rings is 1. The quantitative estimate of drug-likeness (QED) is 0.570. The summed E-state index contributed by atoms with van der Waals surface area (Å²) in [4.78, 5) is 0. The monoisotopic (exact) mass is 228 g/mol. The van der Waals surface area contributed by atoms with Gasteiger partial charge in [0, 0.05) is 12.2 Å². The Morgan fingerprint density at radius 3 is 2.47 bits per heavy atom. The maximum absolute atomic E-state index is 8.77. The van der Waals surface area contributed by atoms with Gasteiger partial charge in [-0.25, -0.2) is 0 Å². The summed E-state index contributed by atoms with van der Waals surface area (Å²) < 4.78 is 5.44. The largest absolute Gasteiger partial charge is 0.454 e. The van der Waals surface area contributed by atoms with E-state index in [9.17, 15) is 0 Å². The molecule has 0 amide bonds. The molecule has 1 rings (SSSR count). The predicted molar refractivity (Wildman–Crippen MR) is 60.7 cm³/mol. The van der Waals surface area contributed by atoms with Crippen LogP contribution < -0.4 is 0 Å². The molecule has 0 aliphatic rings. The summed E-state index contributed by atoms with van der Waals surface area (Å²) in [7, 11) is -1.37. The molecule has 2 N–H and O–H groups in total. The van der Waals surface area contributed by atoms with E-state index in [1.54, 1.807) is 0 Å². The van der Waals surface area contributed by atoms with Gasteiger partial charge in [-0.15, -0.1) is 11.6 Å². The first-order valence-corrected chi connectivity index (χ1v) is 5.33. The SMILES string of the molecule is OB(O)CC(CCl)OCc1ccccc1. The van der Waals surface area contributed by atoms with Gasteiger partial charge in [-0.2, -0.15) is 0 Å². The lowest BCUT2D eigenvalue weighted by molar-refractivity contribution is 0.0637. The van der Waals surface area contributed by atoms with Crippen LogP contribution in [0.25, 0.3) is 0 Å². The van der Waals surface area contributed by atoms with E-state index >= 15 is 0 Å². The van der Waals surface area contributed by atoms with Crippen molar-refractivity contribution in [1.29, 1.82) is 0 Å². The minimum atomic E-state index is -1.37. The predicted octanol–water partition coefficient (Wildman–Crippen LogP) is 1.28. The normalized spacial score (nSPS) is 12.5. The van der Waals surface area contributed by atoms with Gasteiger partial charge in [0.05, 0.1) is 12.7 Å². The van der Waals surface area contributed by atoms with E-state index in [1.165, 1.54) is 0 Å². The zero-order valence-corrected chi connectivity index (χ0v) is 9.10. The Balaban J connectivity index is 2.34. The van der Waals surface area contributed by atoms with Crippen molar-refractivity contribution < 1.29 is 14.8 Å². The highest BCUT2D eigenvalue weighted by molar-refractivity contribution is 6.41. The molecule has 0 saturated carbocycles. The third-order valence-corrected chi connectivity index (χ3v) is 2.32. The summed E-state index contributed by atoms with van der Waals surface area (Å²) in [6.07, 6.45) is -0.192. The van der Waals surface area contributed by atoms with Crippen LogP contribution in [0, 0.1) is 0 Å². The highest BCUT2D eigenvalue weighted by Crippen LogP contribution is 2.08. The Hall–Kier alpha value is -0.545. The minimum absolute atomic E-state index is 0.135. The number of hydrogen-bond donors (Lipinski definition) is 2. The van der Waals surface area contributed by atoms with E-state index in [4.69, 9.17) is 26.4 Å². The average Bonchev–Trinajstić information content (AvgIpc) is 2.25. The first-order valence-electron chi connectivity index (χ1n) is 4.80. The van der Waals surface area contributed by atoms with E-state index in [-0.39, 0.29) is 18.3 Å². The second-order valence-electron chi connectivity index (χ2n) is 3.29. The van der Waals surface area contributed by atoms with Crippen LogP contribution in [0.1, 0.15) is 5.56 Å². The van der Waals surface area contributed by atoms with Crippen molar-refractivity contribution in [2.24, 2.45) is 0 Å². The fourth-order valence-corrected chi connectivity index (χ4v) is 1.41. The Morgan fingerprint density at radius 1 is 1.27 bits per heavy atom. The summed E-state index contributed by atoms with van der Waals surface area (Å²) in [6.45, 7) is 0.435. The number of ether oxygens (including phenoxy) is 1. The lowest BCUT2D eigenvalue weighted by Crippen LogP contribution is -2.24. The number of hydrogen-bond acceptors (Lipinski definition) is 3. The van der Waals surface area contributed by atoms with Crippen LogP contribution in [0.3, 0.4) is 0 Å². The Bertz CT molecular complexity index is 269. The average molecular weight is 228 g/mol. The van der Waals surface area contributed by atoms with E-state index in [0.29, 0.717) is 6.61 Å². The molecule has 5 heteroatoms. The molecule has 0 aliphatic heterocycles. The molecule has 3 nitrogen and oxygen atoms in total. The van der Waals surface area contributed by atoms with E-state index < -0.39 is 7.12 Å². The molecular formula is C10H14BClO3. The van der Waals surface area contributed by atoms with Crippen LogP contribution >= 0.6 is 11.6 Å². The molecular weight excluding hydrogens is 214 g/mol. The smallest absolute Gasteiger partial charge is 0.427 e. The van der Waals surface area contributed by atoms with Gasteiger partial charge >= 0.3 is 7.12 Å². The van der Waals surface area contributed by atoms with Crippen molar-refractivity contribution >= 4 is 18.7 Å². The topological polar surface area (TPSA) is 49.7 Å². The maximum atomic E-state index is 8.77. The van der Waals surface area contributed by atoms with Gasteiger partial charge in [0.2, 0.25) is 0 Å². The molecule has 1 atom stereocenters. The van der Waals surface area contributed by atoms with Crippen molar-refractivity contribution in [3.05, 3.63) is 35.9 Å². The minimum Gasteiger partial charge on any atom is -0.427 e. The molecule has 82 valence electrons. The second kappa shape index (κ2) is 6.85. The van der Waals surface area contributed by atoms with Crippen LogP contribution in [0.5, 0.6) is 0 Å². The molecule has 0 bridgehead atoms. The molecule has 0 radical (unpaired) electrons. The molecule has 1 aromatic rings. The highest BCUT2D eigenvalue weighted by atomic mass is 35.5. The Morgan fingerprint density at radius 2 is 1.93 bits per heavy atom. The summed E-state index contributed by atoms with van der Waals surface area (Å²) in [5.41, 5.74) is 1.04. The standard InChI is InChI=1S/C10H14BClO3/c12-7-10(6-11(13)14)15-8-9-4-2-1-3-5-9/h1-5,10,13-14H,6-8H2. The van der Waals surface area contributed by atoms with Crippen molar-refractivity contribution in [3.8, 4) is 0 Å². The van der Waals surface area contributed by atoms with Crippen LogP contribution in [-0.2, 0) is 11.3 Å². The van der Waals surface area contributed by atoms with Crippen LogP contribution in [-0.4, -0.2) is 29.2 Å². The molecule has 0 saturated heterocycles. The first kappa shape index (κ1) is 12.5. The van der Waals surface area contributed by atoms with Crippen LogP contribution in [0.2, 0.25) is 6.32 Å². The van der Waals surface area contributed by atoms with Crippen LogP contribution in [0.15, 0.2) is 30.3 Å². The number of alkyl halides is 1. The van der Waals surface area contributed by atoms with Crippen LogP contribution in [0.4, 0.5) is 0 Å². The van der Waals surface area contributed by atoms with Crippen molar-refractivity contribution in [3.63, 3.8) is 0 Å². The summed E-state index contributed by atoms with van der Waals surface area (Å²) in [5, 5.41) is 17.5. The van der Waals surface area contributed by atoms with Gasteiger partial charge in [0.15, 0.2) is 0 Å². The summed E-state index contributed by atoms with van der Waals surface area (Å²) >= 11 is 5.63. The molecule has 0 spiro atoms. The van der Waals surface area contributed by atoms with Crippen molar-refractivity contribution in [2.75, 3.05) is 5.88 Å². The fourth-order valence-electron chi connectivity index (χ4n) is 1.20. The van der Waals surface area contributed by atoms with Crippen molar-refractivity contribution in [1.82, 2.24) is 0 Å². The zero-order chi connectivity index (χ0) is 11.1. The number of rotatable bonds is 6. The lowest BCUT2D eigenvalue weighted by atomic mass is 9.83. The van der Waals surface area contributed by atoms with Gasteiger partial charge in [-0.05, 0) is 5.56 Å². The molecule has 15 heavy (non-hydrogen) atoms. The van der Waals surface area contributed by atoms with Crippen molar-refractivity contribution in [2.45, 2.75) is 19.0 Å². The second-order valence-corrected chi connectivity index (χ2v) is 3.60. The van der Waals surface area contributed by atoms with Gasteiger partial charge in [-0.3, -0.25) is 0 Å². The van der Waals surface area contributed by atoms with E-state index in [1.807, 2.05) is 30.3 Å². The molecule has 0 aliphatic carbocycles. The molecule has 0 fully saturated rings. The summed E-state index contributed by atoms with van der Waals surface area (Å²) in [6, 6.07) is 9.67. The fraction of sp³-hybridized carbons (Fsp3) is 0.400.